The smallest absolute Gasteiger partial charge is 0.337 e. The number of carbonyl (C=O) groups excluding carboxylic acids is 2. The number of ether oxygens (including phenoxy) is 1. The molecule has 0 unspecified atom stereocenters. The fourth-order valence-corrected chi connectivity index (χ4v) is 2.59. The van der Waals surface area contributed by atoms with E-state index in [1.54, 1.807) is 24.3 Å². The number of benzene rings is 1. The third-order valence-electron chi connectivity index (χ3n) is 3.72. The van der Waals surface area contributed by atoms with E-state index in [1.807, 2.05) is 0 Å². The van der Waals surface area contributed by atoms with Crippen LogP contribution in [0.15, 0.2) is 24.3 Å². The average molecular weight is 290 g/mol. The maximum absolute atomic E-state index is 11.9. The Bertz CT molecular complexity index is 496. The van der Waals surface area contributed by atoms with Gasteiger partial charge in [-0.05, 0) is 31.0 Å². The SMILES string of the molecule is COC(=O)c1cccc(NC(=O)CNC2CCCCC2)c1. The summed E-state index contributed by atoms with van der Waals surface area (Å²) in [5, 5.41) is 6.08. The molecule has 1 aliphatic carbocycles. The molecule has 2 rings (SSSR count). The molecule has 21 heavy (non-hydrogen) atoms. The van der Waals surface area contributed by atoms with Gasteiger partial charge in [-0.15, -0.1) is 0 Å². The molecule has 0 aromatic heterocycles. The Labute approximate surface area is 125 Å². The van der Waals surface area contributed by atoms with Crippen molar-refractivity contribution in [3.63, 3.8) is 0 Å². The van der Waals surface area contributed by atoms with Gasteiger partial charge in [-0.25, -0.2) is 4.79 Å². The minimum absolute atomic E-state index is 0.0948. The molecule has 0 radical (unpaired) electrons. The van der Waals surface area contributed by atoms with Gasteiger partial charge in [0.2, 0.25) is 5.91 Å². The topological polar surface area (TPSA) is 67.4 Å². The highest BCUT2D eigenvalue weighted by Crippen LogP contribution is 2.17. The average Bonchev–Trinajstić information content (AvgIpc) is 2.53. The van der Waals surface area contributed by atoms with Crippen molar-refractivity contribution in [2.75, 3.05) is 19.0 Å². The number of anilines is 1. The van der Waals surface area contributed by atoms with Gasteiger partial charge in [-0.3, -0.25) is 4.79 Å². The van der Waals surface area contributed by atoms with Crippen LogP contribution in [0.4, 0.5) is 5.69 Å². The standard InChI is InChI=1S/C16H22N2O3/c1-21-16(20)12-6-5-9-14(10-12)18-15(19)11-17-13-7-3-2-4-8-13/h5-6,9-10,13,17H,2-4,7-8,11H2,1H3,(H,18,19). The third-order valence-corrected chi connectivity index (χ3v) is 3.72. The van der Waals surface area contributed by atoms with E-state index in [1.165, 1.54) is 26.4 Å². The summed E-state index contributed by atoms with van der Waals surface area (Å²) in [5.41, 5.74) is 1.03. The van der Waals surface area contributed by atoms with Gasteiger partial charge >= 0.3 is 5.97 Å². The first-order valence-corrected chi connectivity index (χ1v) is 7.40. The lowest BCUT2D eigenvalue weighted by Gasteiger charge is -2.22. The zero-order valence-electron chi connectivity index (χ0n) is 12.4. The molecule has 2 N–H and O–H groups in total. The van der Waals surface area contributed by atoms with Crippen LogP contribution in [0, 0.1) is 0 Å². The van der Waals surface area contributed by atoms with Crippen LogP contribution in [0.5, 0.6) is 0 Å². The van der Waals surface area contributed by atoms with Crippen molar-refractivity contribution in [2.24, 2.45) is 0 Å². The Balaban J connectivity index is 1.83. The van der Waals surface area contributed by atoms with Crippen molar-refractivity contribution in [3.8, 4) is 0 Å². The molecule has 1 saturated carbocycles. The van der Waals surface area contributed by atoms with Crippen molar-refractivity contribution >= 4 is 17.6 Å². The Morgan fingerprint density at radius 1 is 1.24 bits per heavy atom. The Hall–Kier alpha value is -1.88. The molecule has 5 nitrogen and oxygen atoms in total. The molecule has 1 aromatic rings. The van der Waals surface area contributed by atoms with Gasteiger partial charge in [0.1, 0.15) is 0 Å². The molecule has 0 atom stereocenters. The number of hydrogen-bond acceptors (Lipinski definition) is 4. The summed E-state index contributed by atoms with van der Waals surface area (Å²) < 4.78 is 4.66. The van der Waals surface area contributed by atoms with E-state index < -0.39 is 5.97 Å². The van der Waals surface area contributed by atoms with E-state index in [0.717, 1.165) is 12.8 Å². The number of amides is 1. The lowest BCUT2D eigenvalue weighted by molar-refractivity contribution is -0.115. The minimum atomic E-state index is -0.411. The van der Waals surface area contributed by atoms with Crippen molar-refractivity contribution in [1.29, 1.82) is 0 Å². The molecular formula is C16H22N2O3. The second kappa shape index (κ2) is 7.78. The number of esters is 1. The van der Waals surface area contributed by atoms with E-state index in [2.05, 4.69) is 15.4 Å². The maximum atomic E-state index is 11.9. The summed E-state index contributed by atoms with van der Waals surface area (Å²) in [4.78, 5) is 23.4. The van der Waals surface area contributed by atoms with Crippen LogP contribution >= 0.6 is 0 Å². The zero-order chi connectivity index (χ0) is 15.1. The molecular weight excluding hydrogens is 268 g/mol. The maximum Gasteiger partial charge on any atom is 0.337 e. The molecule has 114 valence electrons. The van der Waals surface area contributed by atoms with Crippen LogP contribution in [0.1, 0.15) is 42.5 Å². The predicted octanol–water partition coefficient (Wildman–Crippen LogP) is 2.33. The number of carbonyl (C=O) groups is 2. The lowest BCUT2D eigenvalue weighted by Crippen LogP contribution is -2.37. The monoisotopic (exact) mass is 290 g/mol. The normalized spacial score (nSPS) is 15.5. The second-order valence-corrected chi connectivity index (χ2v) is 5.34. The number of methoxy groups -OCH3 is 1. The summed E-state index contributed by atoms with van der Waals surface area (Å²) in [6.07, 6.45) is 6.06. The van der Waals surface area contributed by atoms with Crippen LogP contribution in [0.25, 0.3) is 0 Å². The Morgan fingerprint density at radius 2 is 2.00 bits per heavy atom. The quantitative estimate of drug-likeness (QED) is 0.817. The fourth-order valence-electron chi connectivity index (χ4n) is 2.59. The summed E-state index contributed by atoms with van der Waals surface area (Å²) in [6, 6.07) is 7.19. The van der Waals surface area contributed by atoms with Crippen LogP contribution in [-0.4, -0.2) is 31.6 Å². The van der Waals surface area contributed by atoms with Gasteiger partial charge in [-0.1, -0.05) is 25.3 Å². The molecule has 1 aliphatic rings. The molecule has 1 amide bonds. The highest BCUT2D eigenvalue weighted by molar-refractivity contribution is 5.95. The van der Waals surface area contributed by atoms with E-state index in [-0.39, 0.29) is 5.91 Å². The minimum Gasteiger partial charge on any atom is -0.465 e. The molecule has 0 saturated heterocycles. The molecule has 1 fully saturated rings. The number of nitrogens with one attached hydrogen (secondary N) is 2. The number of rotatable bonds is 5. The van der Waals surface area contributed by atoms with Gasteiger partial charge in [0.15, 0.2) is 0 Å². The van der Waals surface area contributed by atoms with E-state index in [4.69, 9.17) is 0 Å². The summed E-state index contributed by atoms with van der Waals surface area (Å²) in [6.45, 7) is 0.299. The summed E-state index contributed by atoms with van der Waals surface area (Å²) >= 11 is 0. The molecule has 0 spiro atoms. The van der Waals surface area contributed by atoms with Crippen molar-refractivity contribution in [1.82, 2.24) is 5.32 Å². The van der Waals surface area contributed by atoms with Gasteiger partial charge < -0.3 is 15.4 Å². The molecule has 0 bridgehead atoms. The van der Waals surface area contributed by atoms with Crippen LogP contribution in [0.2, 0.25) is 0 Å². The van der Waals surface area contributed by atoms with Crippen molar-refractivity contribution in [3.05, 3.63) is 29.8 Å². The molecule has 5 heteroatoms. The van der Waals surface area contributed by atoms with Crippen LogP contribution in [-0.2, 0) is 9.53 Å². The van der Waals surface area contributed by atoms with E-state index >= 15 is 0 Å². The Morgan fingerprint density at radius 3 is 2.71 bits per heavy atom. The third kappa shape index (κ3) is 4.86. The number of hydrogen-bond donors (Lipinski definition) is 2. The first kappa shape index (κ1) is 15.5. The van der Waals surface area contributed by atoms with Gasteiger partial charge in [0.05, 0.1) is 19.2 Å². The van der Waals surface area contributed by atoms with Crippen LogP contribution < -0.4 is 10.6 Å². The summed E-state index contributed by atoms with van der Waals surface area (Å²) in [7, 11) is 1.34. The van der Waals surface area contributed by atoms with Crippen molar-refractivity contribution < 1.29 is 14.3 Å². The zero-order valence-corrected chi connectivity index (χ0v) is 12.4. The molecule has 1 aromatic carbocycles. The first-order chi connectivity index (χ1) is 10.2. The largest absolute Gasteiger partial charge is 0.465 e. The highest BCUT2D eigenvalue weighted by atomic mass is 16.5. The lowest BCUT2D eigenvalue weighted by atomic mass is 9.95. The Kier molecular flexibility index (Phi) is 5.75. The van der Waals surface area contributed by atoms with Crippen LogP contribution in [0.3, 0.4) is 0 Å². The van der Waals surface area contributed by atoms with Gasteiger partial charge in [0, 0.05) is 11.7 Å². The summed E-state index contributed by atoms with van der Waals surface area (Å²) in [5.74, 6) is -0.506. The van der Waals surface area contributed by atoms with Crippen molar-refractivity contribution in [2.45, 2.75) is 38.1 Å². The highest BCUT2D eigenvalue weighted by Gasteiger charge is 2.14. The predicted molar refractivity (Wildman–Crippen MR) is 81.3 cm³/mol. The van der Waals surface area contributed by atoms with E-state index in [0.29, 0.717) is 23.8 Å². The first-order valence-electron chi connectivity index (χ1n) is 7.40. The molecule has 0 aliphatic heterocycles. The fraction of sp³-hybridized carbons (Fsp3) is 0.500. The van der Waals surface area contributed by atoms with Gasteiger partial charge in [-0.2, -0.15) is 0 Å². The van der Waals surface area contributed by atoms with E-state index in [9.17, 15) is 9.59 Å². The second-order valence-electron chi connectivity index (χ2n) is 5.34. The van der Waals surface area contributed by atoms with Gasteiger partial charge in [0.25, 0.3) is 0 Å². The molecule has 0 heterocycles.